The van der Waals surface area contributed by atoms with Crippen LogP contribution >= 0.6 is 27.3 Å². The molecule has 0 saturated carbocycles. The van der Waals surface area contributed by atoms with Gasteiger partial charge in [0.1, 0.15) is 11.9 Å². The Morgan fingerprint density at radius 3 is 2.60 bits per heavy atom. The number of hydrogen-bond acceptors (Lipinski definition) is 6. The van der Waals surface area contributed by atoms with Gasteiger partial charge in [-0.3, -0.25) is 0 Å². The van der Waals surface area contributed by atoms with Crippen LogP contribution in [0.1, 0.15) is 21.9 Å². The van der Waals surface area contributed by atoms with Gasteiger partial charge in [-0.05, 0) is 39.0 Å². The normalized spacial score (nSPS) is 18.6. The molecule has 4 N–H and O–H groups in total. The molecule has 3 rings (SSSR count). The van der Waals surface area contributed by atoms with Gasteiger partial charge in [0.05, 0.1) is 33.7 Å². The van der Waals surface area contributed by atoms with E-state index >= 15 is 0 Å². The fraction of sp³-hybridized carbons (Fsp3) is 0.0556. The van der Waals surface area contributed by atoms with Crippen LogP contribution < -0.4 is 11.5 Å². The molecule has 25 heavy (non-hydrogen) atoms. The summed E-state index contributed by atoms with van der Waals surface area (Å²) in [6, 6.07) is 13.5. The van der Waals surface area contributed by atoms with E-state index in [1.807, 2.05) is 23.6 Å². The van der Waals surface area contributed by atoms with Crippen LogP contribution in [0.2, 0.25) is 0 Å². The Morgan fingerprint density at radius 1 is 1.20 bits per heavy atom. The Morgan fingerprint density at radius 2 is 2.00 bits per heavy atom. The van der Waals surface area contributed by atoms with E-state index in [1.54, 1.807) is 12.1 Å². The van der Waals surface area contributed by atoms with E-state index in [0.717, 1.165) is 10.4 Å². The van der Waals surface area contributed by atoms with Crippen LogP contribution in [0.25, 0.3) is 5.70 Å². The third-order valence-corrected chi connectivity index (χ3v) is 5.66. The number of benzene rings is 1. The van der Waals surface area contributed by atoms with Crippen molar-refractivity contribution in [3.05, 3.63) is 73.5 Å². The minimum absolute atomic E-state index is 0.268. The second-order valence-corrected chi connectivity index (χ2v) is 6.96. The molecule has 1 aromatic heterocycles. The second kappa shape index (κ2) is 6.94. The summed E-state index contributed by atoms with van der Waals surface area (Å²) < 4.78 is 0.620. The number of nitrogens with zero attached hydrogens (tertiary/aromatic N) is 3. The number of halogens is 1. The SMILES string of the molecule is N#CC1=C(c2cccs2)N=C(N)/C(=C\N)C1c1cccc(C#N)c1Br. The Balaban J connectivity index is 2.32. The van der Waals surface area contributed by atoms with Crippen LogP contribution in [0.3, 0.4) is 0 Å². The molecular weight excluding hydrogens is 398 g/mol. The number of thiophene rings is 1. The molecule has 0 fully saturated rings. The molecule has 0 aliphatic carbocycles. The zero-order chi connectivity index (χ0) is 18.0. The van der Waals surface area contributed by atoms with E-state index in [4.69, 9.17) is 11.5 Å². The monoisotopic (exact) mass is 409 g/mol. The lowest BCUT2D eigenvalue weighted by molar-refractivity contribution is 0.961. The molecule has 5 nitrogen and oxygen atoms in total. The average Bonchev–Trinajstić information content (AvgIpc) is 3.15. The first kappa shape index (κ1) is 17.0. The fourth-order valence-electron chi connectivity index (χ4n) is 2.77. The Hall–Kier alpha value is -2.87. The topological polar surface area (TPSA) is 112 Å². The smallest absolute Gasteiger partial charge is 0.129 e. The van der Waals surface area contributed by atoms with Crippen LogP contribution in [-0.4, -0.2) is 5.84 Å². The predicted octanol–water partition coefficient (Wildman–Crippen LogP) is 3.61. The number of hydrogen-bond donors (Lipinski definition) is 2. The van der Waals surface area contributed by atoms with E-state index < -0.39 is 5.92 Å². The van der Waals surface area contributed by atoms with Crippen LogP contribution in [0.15, 0.2) is 62.5 Å². The molecule has 0 radical (unpaired) electrons. The van der Waals surface area contributed by atoms with Crippen molar-refractivity contribution in [1.29, 1.82) is 10.5 Å². The Kier molecular flexibility index (Phi) is 4.71. The van der Waals surface area contributed by atoms with Crippen molar-refractivity contribution in [1.82, 2.24) is 0 Å². The van der Waals surface area contributed by atoms with Crippen molar-refractivity contribution >= 4 is 38.8 Å². The highest BCUT2D eigenvalue weighted by molar-refractivity contribution is 9.10. The van der Waals surface area contributed by atoms with Crippen LogP contribution in [0.4, 0.5) is 0 Å². The van der Waals surface area contributed by atoms with Crippen molar-refractivity contribution in [3.8, 4) is 12.1 Å². The van der Waals surface area contributed by atoms with Gasteiger partial charge in [-0.1, -0.05) is 18.2 Å². The standard InChI is InChI=1S/C18H12BrN5S/c19-16-10(7-20)3-1-4-11(16)15-12(8-21)17(14-5-2-6-25-14)24-18(23)13(15)9-22/h1-6,9,15H,22H2,(H2,23,24)/b13-9-. The number of nitriles is 2. The van der Waals surface area contributed by atoms with Gasteiger partial charge < -0.3 is 11.5 Å². The lowest BCUT2D eigenvalue weighted by Crippen LogP contribution is -2.26. The van der Waals surface area contributed by atoms with Gasteiger partial charge >= 0.3 is 0 Å². The Labute approximate surface area is 157 Å². The van der Waals surface area contributed by atoms with Gasteiger partial charge in [-0.2, -0.15) is 10.5 Å². The molecule has 122 valence electrons. The molecule has 0 spiro atoms. The molecule has 1 unspecified atom stereocenters. The van der Waals surface area contributed by atoms with Gasteiger partial charge in [-0.15, -0.1) is 11.3 Å². The maximum Gasteiger partial charge on any atom is 0.129 e. The summed E-state index contributed by atoms with van der Waals surface area (Å²) in [6.45, 7) is 0. The summed E-state index contributed by atoms with van der Waals surface area (Å²) >= 11 is 4.96. The summed E-state index contributed by atoms with van der Waals surface area (Å²) in [5.41, 5.74) is 14.7. The van der Waals surface area contributed by atoms with Gasteiger partial charge in [0.2, 0.25) is 0 Å². The molecule has 1 atom stereocenters. The largest absolute Gasteiger partial charge is 0.404 e. The van der Waals surface area contributed by atoms with E-state index in [0.29, 0.717) is 26.9 Å². The van der Waals surface area contributed by atoms with Crippen molar-refractivity contribution in [3.63, 3.8) is 0 Å². The number of rotatable bonds is 2. The molecule has 2 aromatic rings. The van der Waals surface area contributed by atoms with Gasteiger partial charge in [-0.25, -0.2) is 4.99 Å². The van der Waals surface area contributed by atoms with Crippen molar-refractivity contribution in [2.75, 3.05) is 0 Å². The zero-order valence-electron chi connectivity index (χ0n) is 12.9. The van der Waals surface area contributed by atoms with Crippen LogP contribution in [-0.2, 0) is 0 Å². The molecule has 0 amide bonds. The molecule has 1 aliphatic rings. The van der Waals surface area contributed by atoms with E-state index in [-0.39, 0.29) is 5.84 Å². The first-order chi connectivity index (χ1) is 12.1. The molecule has 2 heterocycles. The van der Waals surface area contributed by atoms with Crippen LogP contribution in [0.5, 0.6) is 0 Å². The van der Waals surface area contributed by atoms with Crippen molar-refractivity contribution in [2.24, 2.45) is 16.5 Å². The summed E-state index contributed by atoms with van der Waals surface area (Å²) in [4.78, 5) is 5.27. The second-order valence-electron chi connectivity index (χ2n) is 5.22. The average molecular weight is 410 g/mol. The summed E-state index contributed by atoms with van der Waals surface area (Å²) in [6.07, 6.45) is 1.37. The fourth-order valence-corrected chi connectivity index (χ4v) is 4.08. The number of nitrogens with two attached hydrogens (primary N) is 2. The number of amidine groups is 1. The third kappa shape index (κ3) is 2.85. The first-order valence-electron chi connectivity index (χ1n) is 7.25. The lowest BCUT2D eigenvalue weighted by Gasteiger charge is -2.26. The zero-order valence-corrected chi connectivity index (χ0v) is 15.3. The molecule has 1 aromatic carbocycles. The quantitative estimate of drug-likeness (QED) is 0.788. The van der Waals surface area contributed by atoms with Gasteiger partial charge in [0, 0.05) is 16.2 Å². The maximum atomic E-state index is 9.85. The predicted molar refractivity (Wildman–Crippen MR) is 102 cm³/mol. The lowest BCUT2D eigenvalue weighted by atomic mass is 9.81. The molecule has 0 saturated heterocycles. The van der Waals surface area contributed by atoms with Crippen molar-refractivity contribution < 1.29 is 0 Å². The summed E-state index contributed by atoms with van der Waals surface area (Å²) in [7, 11) is 0. The van der Waals surface area contributed by atoms with Crippen molar-refractivity contribution in [2.45, 2.75) is 5.92 Å². The number of aliphatic imine (C=N–C) groups is 1. The highest BCUT2D eigenvalue weighted by Crippen LogP contribution is 2.43. The Bertz CT molecular complexity index is 1000. The molecule has 1 aliphatic heterocycles. The maximum absolute atomic E-state index is 9.85. The summed E-state index contributed by atoms with van der Waals surface area (Å²) in [5.74, 6) is -0.226. The van der Waals surface area contributed by atoms with Gasteiger partial charge in [0.15, 0.2) is 0 Å². The minimum atomic E-state index is -0.493. The minimum Gasteiger partial charge on any atom is -0.404 e. The highest BCUT2D eigenvalue weighted by atomic mass is 79.9. The van der Waals surface area contributed by atoms with E-state index in [2.05, 4.69) is 33.1 Å². The molecule has 7 heteroatoms. The van der Waals surface area contributed by atoms with Gasteiger partial charge in [0.25, 0.3) is 0 Å². The van der Waals surface area contributed by atoms with E-state index in [9.17, 15) is 10.5 Å². The van der Waals surface area contributed by atoms with Crippen LogP contribution in [0, 0.1) is 22.7 Å². The molecule has 0 bridgehead atoms. The highest BCUT2D eigenvalue weighted by Gasteiger charge is 2.33. The first-order valence-corrected chi connectivity index (χ1v) is 8.92. The summed E-state index contributed by atoms with van der Waals surface area (Å²) in [5, 5.41) is 21.1. The molecular formula is C18H12BrN5S. The third-order valence-electron chi connectivity index (χ3n) is 3.90. The number of allylic oxidation sites excluding steroid dienone is 1. The van der Waals surface area contributed by atoms with E-state index in [1.165, 1.54) is 17.5 Å².